The standard InChI is InChI=1S/C20H35NOSi/c1-17(13-16-22-23(5,6)20(2,3)4)18-9-11-19(12-10-18)21-14-7-8-15-21/h9-12,17H,7-8,13-16H2,1-6H3/t17-/m1/s1. The summed E-state index contributed by atoms with van der Waals surface area (Å²) < 4.78 is 6.32. The number of anilines is 1. The van der Waals surface area contributed by atoms with Gasteiger partial charge in [-0.15, -0.1) is 0 Å². The molecule has 0 radical (unpaired) electrons. The van der Waals surface area contributed by atoms with Crippen LogP contribution in [0.25, 0.3) is 0 Å². The third-order valence-corrected chi connectivity index (χ3v) is 10.3. The van der Waals surface area contributed by atoms with E-state index in [0.29, 0.717) is 11.0 Å². The molecule has 0 aromatic heterocycles. The molecular formula is C20H35NOSi. The molecule has 1 fully saturated rings. The van der Waals surface area contributed by atoms with Crippen molar-refractivity contribution >= 4 is 14.0 Å². The van der Waals surface area contributed by atoms with E-state index in [1.165, 1.54) is 37.2 Å². The number of nitrogens with zero attached hydrogens (tertiary/aromatic N) is 1. The van der Waals surface area contributed by atoms with Gasteiger partial charge in [-0.2, -0.15) is 0 Å². The van der Waals surface area contributed by atoms with Gasteiger partial charge in [0.25, 0.3) is 0 Å². The van der Waals surface area contributed by atoms with Gasteiger partial charge in [-0.3, -0.25) is 0 Å². The van der Waals surface area contributed by atoms with Crippen LogP contribution < -0.4 is 4.90 Å². The van der Waals surface area contributed by atoms with E-state index in [2.05, 4.69) is 70.0 Å². The average molecular weight is 334 g/mol. The lowest BCUT2D eigenvalue weighted by atomic mass is 9.98. The highest BCUT2D eigenvalue weighted by Crippen LogP contribution is 2.37. The minimum absolute atomic E-state index is 0.299. The van der Waals surface area contributed by atoms with Gasteiger partial charge >= 0.3 is 0 Å². The summed E-state index contributed by atoms with van der Waals surface area (Å²) in [5, 5.41) is 0.299. The molecule has 0 saturated carbocycles. The molecule has 0 spiro atoms. The van der Waals surface area contributed by atoms with E-state index in [4.69, 9.17) is 4.43 Å². The molecular weight excluding hydrogens is 298 g/mol. The SMILES string of the molecule is C[C@H](CCO[Si](C)(C)C(C)(C)C)c1ccc(N2CCCC2)cc1. The Bertz CT molecular complexity index is 483. The number of hydrogen-bond acceptors (Lipinski definition) is 2. The molecule has 0 amide bonds. The summed E-state index contributed by atoms with van der Waals surface area (Å²) in [6.45, 7) is 17.2. The topological polar surface area (TPSA) is 12.5 Å². The first kappa shape index (κ1) is 18.5. The quantitative estimate of drug-likeness (QED) is 0.610. The minimum Gasteiger partial charge on any atom is -0.417 e. The zero-order valence-corrected chi connectivity index (χ0v) is 17.0. The van der Waals surface area contributed by atoms with Gasteiger partial charge in [-0.05, 0) is 61.0 Å². The van der Waals surface area contributed by atoms with Crippen molar-refractivity contribution in [2.24, 2.45) is 0 Å². The Hall–Kier alpha value is -0.803. The molecule has 130 valence electrons. The first-order chi connectivity index (χ1) is 10.7. The predicted octanol–water partition coefficient (Wildman–Crippen LogP) is 5.80. The number of hydrogen-bond donors (Lipinski definition) is 0. The van der Waals surface area contributed by atoms with Crippen LogP contribution in [0.4, 0.5) is 5.69 Å². The fourth-order valence-electron chi connectivity index (χ4n) is 2.86. The summed E-state index contributed by atoms with van der Waals surface area (Å²) in [7, 11) is -1.61. The Morgan fingerprint density at radius 2 is 1.65 bits per heavy atom. The molecule has 1 aromatic carbocycles. The molecule has 0 unspecified atom stereocenters. The lowest BCUT2D eigenvalue weighted by molar-refractivity contribution is 0.274. The highest BCUT2D eigenvalue weighted by molar-refractivity contribution is 6.74. The molecule has 2 nitrogen and oxygen atoms in total. The van der Waals surface area contributed by atoms with Gasteiger partial charge < -0.3 is 9.33 Å². The molecule has 0 N–H and O–H groups in total. The number of benzene rings is 1. The molecule has 3 heteroatoms. The van der Waals surface area contributed by atoms with Gasteiger partial charge in [0.2, 0.25) is 0 Å². The van der Waals surface area contributed by atoms with Gasteiger partial charge in [0.15, 0.2) is 8.32 Å². The molecule has 1 aliphatic rings. The zero-order chi connectivity index (χ0) is 17.1. The van der Waals surface area contributed by atoms with Crippen molar-refractivity contribution in [3.63, 3.8) is 0 Å². The highest BCUT2D eigenvalue weighted by atomic mass is 28.4. The maximum absolute atomic E-state index is 6.32. The van der Waals surface area contributed by atoms with Crippen molar-refractivity contribution in [2.45, 2.75) is 71.0 Å². The van der Waals surface area contributed by atoms with Gasteiger partial charge in [0, 0.05) is 25.4 Å². The van der Waals surface area contributed by atoms with Crippen LogP contribution in [0, 0.1) is 0 Å². The Morgan fingerprint density at radius 3 is 2.17 bits per heavy atom. The summed E-state index contributed by atoms with van der Waals surface area (Å²) in [4.78, 5) is 2.50. The van der Waals surface area contributed by atoms with Crippen LogP contribution in [0.15, 0.2) is 24.3 Å². The fraction of sp³-hybridized carbons (Fsp3) is 0.700. The summed E-state index contributed by atoms with van der Waals surface area (Å²) in [6.07, 6.45) is 3.78. The van der Waals surface area contributed by atoms with Crippen molar-refractivity contribution in [3.05, 3.63) is 29.8 Å². The smallest absolute Gasteiger partial charge is 0.191 e. The molecule has 1 heterocycles. The van der Waals surface area contributed by atoms with Crippen LogP contribution in [-0.2, 0) is 4.43 Å². The zero-order valence-electron chi connectivity index (χ0n) is 16.0. The molecule has 1 aromatic rings. The lowest BCUT2D eigenvalue weighted by Gasteiger charge is -2.36. The summed E-state index contributed by atoms with van der Waals surface area (Å²) in [6, 6.07) is 9.22. The Labute approximate surface area is 144 Å². The first-order valence-electron chi connectivity index (χ1n) is 9.19. The summed E-state index contributed by atoms with van der Waals surface area (Å²) in [5.41, 5.74) is 2.82. The van der Waals surface area contributed by atoms with Crippen LogP contribution in [-0.4, -0.2) is 28.0 Å². The minimum atomic E-state index is -1.61. The van der Waals surface area contributed by atoms with Gasteiger partial charge in [-0.25, -0.2) is 0 Å². The Kier molecular flexibility index (Phi) is 5.96. The highest BCUT2D eigenvalue weighted by Gasteiger charge is 2.36. The van der Waals surface area contributed by atoms with E-state index < -0.39 is 8.32 Å². The van der Waals surface area contributed by atoms with Crippen LogP contribution in [0.2, 0.25) is 18.1 Å². The maximum atomic E-state index is 6.32. The second-order valence-corrected chi connectivity index (χ2v) is 13.4. The van der Waals surface area contributed by atoms with Crippen molar-refractivity contribution in [1.82, 2.24) is 0 Å². The molecule has 23 heavy (non-hydrogen) atoms. The lowest BCUT2D eigenvalue weighted by Crippen LogP contribution is -2.41. The van der Waals surface area contributed by atoms with E-state index in [0.717, 1.165) is 13.0 Å². The molecule has 1 saturated heterocycles. The molecule has 1 atom stereocenters. The van der Waals surface area contributed by atoms with E-state index in [1.54, 1.807) is 0 Å². The first-order valence-corrected chi connectivity index (χ1v) is 12.1. The Balaban J connectivity index is 1.85. The normalized spacial score (nSPS) is 17.6. The van der Waals surface area contributed by atoms with Crippen molar-refractivity contribution in [2.75, 3.05) is 24.6 Å². The van der Waals surface area contributed by atoms with Gasteiger partial charge in [0.1, 0.15) is 0 Å². The van der Waals surface area contributed by atoms with Crippen molar-refractivity contribution in [1.29, 1.82) is 0 Å². The van der Waals surface area contributed by atoms with E-state index >= 15 is 0 Å². The van der Waals surface area contributed by atoms with Crippen LogP contribution in [0.3, 0.4) is 0 Å². The van der Waals surface area contributed by atoms with E-state index in [-0.39, 0.29) is 0 Å². The Morgan fingerprint density at radius 1 is 1.09 bits per heavy atom. The molecule has 1 aliphatic heterocycles. The van der Waals surface area contributed by atoms with Crippen LogP contribution in [0.1, 0.15) is 58.4 Å². The van der Waals surface area contributed by atoms with E-state index in [9.17, 15) is 0 Å². The van der Waals surface area contributed by atoms with Gasteiger partial charge in [0.05, 0.1) is 0 Å². The van der Waals surface area contributed by atoms with Crippen LogP contribution >= 0.6 is 0 Å². The number of rotatable bonds is 6. The third kappa shape index (κ3) is 4.83. The van der Waals surface area contributed by atoms with Gasteiger partial charge in [-0.1, -0.05) is 39.8 Å². The molecule has 0 aliphatic carbocycles. The predicted molar refractivity (Wildman–Crippen MR) is 104 cm³/mol. The monoisotopic (exact) mass is 333 g/mol. The maximum Gasteiger partial charge on any atom is 0.191 e. The summed E-state index contributed by atoms with van der Waals surface area (Å²) in [5.74, 6) is 0.562. The average Bonchev–Trinajstić information content (AvgIpc) is 3.00. The fourth-order valence-corrected chi connectivity index (χ4v) is 3.92. The summed E-state index contributed by atoms with van der Waals surface area (Å²) >= 11 is 0. The second kappa shape index (κ2) is 7.39. The van der Waals surface area contributed by atoms with E-state index in [1.807, 2.05) is 0 Å². The molecule has 2 rings (SSSR count). The van der Waals surface area contributed by atoms with Crippen molar-refractivity contribution in [3.8, 4) is 0 Å². The van der Waals surface area contributed by atoms with Crippen molar-refractivity contribution < 1.29 is 4.43 Å². The second-order valence-electron chi connectivity index (χ2n) is 8.58. The van der Waals surface area contributed by atoms with Crippen LogP contribution in [0.5, 0.6) is 0 Å². The largest absolute Gasteiger partial charge is 0.417 e. The molecule has 0 bridgehead atoms. The third-order valence-electron chi connectivity index (χ3n) is 5.75.